The third kappa shape index (κ3) is 2.82. The molecule has 4 heteroatoms. The zero-order chi connectivity index (χ0) is 15.9. The fraction of sp³-hybridized carbons (Fsp3) is 0.667. The molecule has 0 aromatic heterocycles. The zero-order valence-electron chi connectivity index (χ0n) is 14.0. The third-order valence-electron chi connectivity index (χ3n) is 4.59. The Morgan fingerprint density at radius 1 is 1.27 bits per heavy atom. The molecular weight excluding hydrogens is 278 g/mol. The van der Waals surface area contributed by atoms with Crippen molar-refractivity contribution < 1.29 is 14.6 Å². The monoisotopic (exact) mass is 305 g/mol. The van der Waals surface area contributed by atoms with E-state index in [0.29, 0.717) is 0 Å². The van der Waals surface area contributed by atoms with Gasteiger partial charge >= 0.3 is 0 Å². The molecule has 0 radical (unpaired) electrons. The molecular formula is C18H27NO3. The molecule has 1 fully saturated rings. The predicted molar refractivity (Wildman–Crippen MR) is 86.5 cm³/mol. The van der Waals surface area contributed by atoms with Crippen molar-refractivity contribution in [1.82, 2.24) is 4.90 Å². The predicted octanol–water partition coefficient (Wildman–Crippen LogP) is 3.14. The molecule has 0 amide bonds. The molecule has 0 saturated carbocycles. The van der Waals surface area contributed by atoms with E-state index in [2.05, 4.69) is 18.7 Å². The lowest BCUT2D eigenvalue weighted by atomic mass is 9.85. The Hall–Kier alpha value is -1.26. The fourth-order valence-electron chi connectivity index (χ4n) is 3.75. The standard InChI is InChI=1S/C18H27NO3/c1-12(2)21-13-7-8-15-14(11-13)16(20)17(18(3,4)22-15)19-9-5-6-10-19/h7-8,11-12,16-17,20H,5-6,9-10H2,1-4H3. The number of aliphatic hydroxyl groups is 1. The SMILES string of the molecule is CC(C)Oc1ccc2c(c1)C(O)C(N1CCCC1)C(C)(C)O2. The topological polar surface area (TPSA) is 41.9 Å². The van der Waals surface area contributed by atoms with Gasteiger partial charge in [-0.2, -0.15) is 0 Å². The van der Waals surface area contributed by atoms with Crippen LogP contribution in [0.2, 0.25) is 0 Å². The minimum Gasteiger partial charge on any atom is -0.491 e. The average molecular weight is 305 g/mol. The molecule has 2 aliphatic rings. The molecule has 1 aromatic carbocycles. The van der Waals surface area contributed by atoms with Crippen LogP contribution in [0.1, 0.15) is 52.2 Å². The van der Waals surface area contributed by atoms with Crippen molar-refractivity contribution in [3.05, 3.63) is 23.8 Å². The van der Waals surface area contributed by atoms with Crippen LogP contribution in [0.25, 0.3) is 0 Å². The lowest BCUT2D eigenvalue weighted by Gasteiger charge is -2.47. The summed E-state index contributed by atoms with van der Waals surface area (Å²) in [6, 6.07) is 5.74. The van der Waals surface area contributed by atoms with Gasteiger partial charge in [0, 0.05) is 5.56 Å². The second-order valence-electron chi connectivity index (χ2n) is 7.20. The minimum absolute atomic E-state index is 0.0169. The van der Waals surface area contributed by atoms with E-state index >= 15 is 0 Å². The zero-order valence-corrected chi connectivity index (χ0v) is 14.0. The van der Waals surface area contributed by atoms with Crippen molar-refractivity contribution in [3.8, 4) is 11.5 Å². The average Bonchev–Trinajstić information content (AvgIpc) is 2.92. The number of ether oxygens (including phenoxy) is 2. The van der Waals surface area contributed by atoms with Gasteiger partial charge in [0.25, 0.3) is 0 Å². The summed E-state index contributed by atoms with van der Waals surface area (Å²) in [5, 5.41) is 11.0. The normalized spacial score (nSPS) is 27.5. The highest BCUT2D eigenvalue weighted by Crippen LogP contribution is 2.44. The maximum absolute atomic E-state index is 11.0. The highest BCUT2D eigenvalue weighted by atomic mass is 16.5. The van der Waals surface area contributed by atoms with Gasteiger partial charge in [0.05, 0.1) is 12.1 Å². The van der Waals surface area contributed by atoms with Crippen LogP contribution in [0.5, 0.6) is 11.5 Å². The van der Waals surface area contributed by atoms with Crippen molar-refractivity contribution >= 4 is 0 Å². The molecule has 2 unspecified atom stereocenters. The first-order valence-corrected chi connectivity index (χ1v) is 8.30. The van der Waals surface area contributed by atoms with E-state index in [4.69, 9.17) is 9.47 Å². The van der Waals surface area contributed by atoms with E-state index in [9.17, 15) is 5.11 Å². The van der Waals surface area contributed by atoms with Crippen molar-refractivity contribution in [1.29, 1.82) is 0 Å². The van der Waals surface area contributed by atoms with Crippen LogP contribution in [0.3, 0.4) is 0 Å². The molecule has 22 heavy (non-hydrogen) atoms. The molecule has 1 N–H and O–H groups in total. The summed E-state index contributed by atoms with van der Waals surface area (Å²) in [6.45, 7) is 10.2. The van der Waals surface area contributed by atoms with Gasteiger partial charge < -0.3 is 14.6 Å². The van der Waals surface area contributed by atoms with Crippen LogP contribution in [0.4, 0.5) is 0 Å². The third-order valence-corrected chi connectivity index (χ3v) is 4.59. The van der Waals surface area contributed by atoms with E-state index in [1.165, 1.54) is 12.8 Å². The number of hydrogen-bond donors (Lipinski definition) is 1. The number of rotatable bonds is 3. The quantitative estimate of drug-likeness (QED) is 0.931. The molecule has 0 bridgehead atoms. The molecule has 122 valence electrons. The number of benzene rings is 1. The summed E-state index contributed by atoms with van der Waals surface area (Å²) >= 11 is 0. The Labute approximate surface area is 133 Å². The maximum atomic E-state index is 11.0. The minimum atomic E-state index is -0.549. The molecule has 2 atom stereocenters. The first-order chi connectivity index (χ1) is 10.4. The summed E-state index contributed by atoms with van der Waals surface area (Å²) in [5.74, 6) is 1.56. The molecule has 3 rings (SSSR count). The van der Waals surface area contributed by atoms with Gasteiger partial charge in [-0.05, 0) is 71.8 Å². The van der Waals surface area contributed by atoms with E-state index in [1.54, 1.807) is 0 Å². The summed E-state index contributed by atoms with van der Waals surface area (Å²) < 4.78 is 12.0. The first-order valence-electron chi connectivity index (χ1n) is 8.30. The van der Waals surface area contributed by atoms with Crippen LogP contribution in [-0.2, 0) is 0 Å². The van der Waals surface area contributed by atoms with Crippen LogP contribution in [0, 0.1) is 0 Å². The molecule has 0 spiro atoms. The highest BCUT2D eigenvalue weighted by Gasteiger charge is 2.47. The van der Waals surface area contributed by atoms with E-state index in [-0.39, 0.29) is 12.1 Å². The first kappa shape index (κ1) is 15.6. The van der Waals surface area contributed by atoms with Crippen molar-refractivity contribution in [2.45, 2.75) is 64.4 Å². The molecule has 0 aliphatic carbocycles. The van der Waals surface area contributed by atoms with Gasteiger partial charge in [-0.15, -0.1) is 0 Å². The van der Waals surface area contributed by atoms with Gasteiger partial charge in [-0.3, -0.25) is 4.90 Å². The summed E-state index contributed by atoms with van der Waals surface area (Å²) in [4.78, 5) is 2.36. The molecule has 4 nitrogen and oxygen atoms in total. The van der Waals surface area contributed by atoms with Crippen molar-refractivity contribution in [3.63, 3.8) is 0 Å². The Bertz CT molecular complexity index is 535. The van der Waals surface area contributed by atoms with E-state index in [0.717, 1.165) is 30.2 Å². The number of fused-ring (bicyclic) bond motifs is 1. The van der Waals surface area contributed by atoms with E-state index < -0.39 is 11.7 Å². The molecule has 1 aromatic rings. The Morgan fingerprint density at radius 2 is 1.95 bits per heavy atom. The maximum Gasteiger partial charge on any atom is 0.126 e. The summed E-state index contributed by atoms with van der Waals surface area (Å²) in [5.41, 5.74) is 0.436. The second kappa shape index (κ2) is 5.74. The molecule has 2 aliphatic heterocycles. The summed E-state index contributed by atoms with van der Waals surface area (Å²) in [7, 11) is 0. The smallest absolute Gasteiger partial charge is 0.126 e. The van der Waals surface area contributed by atoms with Gasteiger partial charge in [0.15, 0.2) is 0 Å². The van der Waals surface area contributed by atoms with Gasteiger partial charge in [0.2, 0.25) is 0 Å². The molecule has 1 saturated heterocycles. The molecule has 2 heterocycles. The number of nitrogens with zero attached hydrogens (tertiary/aromatic N) is 1. The second-order valence-corrected chi connectivity index (χ2v) is 7.20. The van der Waals surface area contributed by atoms with Crippen LogP contribution >= 0.6 is 0 Å². The van der Waals surface area contributed by atoms with E-state index in [1.807, 2.05) is 32.0 Å². The largest absolute Gasteiger partial charge is 0.491 e. The summed E-state index contributed by atoms with van der Waals surface area (Å²) in [6.07, 6.45) is 1.96. The lowest BCUT2D eigenvalue weighted by Crippen LogP contribution is -2.57. The van der Waals surface area contributed by atoms with Crippen LogP contribution in [0.15, 0.2) is 18.2 Å². The Kier molecular flexibility index (Phi) is 4.08. The van der Waals surface area contributed by atoms with Gasteiger partial charge in [-0.1, -0.05) is 0 Å². The van der Waals surface area contributed by atoms with Crippen molar-refractivity contribution in [2.24, 2.45) is 0 Å². The van der Waals surface area contributed by atoms with Crippen molar-refractivity contribution in [2.75, 3.05) is 13.1 Å². The van der Waals surface area contributed by atoms with Gasteiger partial charge in [0.1, 0.15) is 23.2 Å². The van der Waals surface area contributed by atoms with Gasteiger partial charge in [-0.25, -0.2) is 0 Å². The highest BCUT2D eigenvalue weighted by molar-refractivity contribution is 5.45. The lowest BCUT2D eigenvalue weighted by molar-refractivity contribution is -0.0759. The number of likely N-dealkylation sites (tertiary alicyclic amines) is 1. The number of aliphatic hydroxyl groups excluding tert-OH is 1. The fourth-order valence-corrected chi connectivity index (χ4v) is 3.75. The van der Waals surface area contributed by atoms with Crippen LogP contribution in [-0.4, -0.2) is 40.8 Å². The number of hydrogen-bond acceptors (Lipinski definition) is 4. The Morgan fingerprint density at radius 3 is 2.59 bits per heavy atom. The Balaban J connectivity index is 1.94. The van der Waals surface area contributed by atoms with Crippen LogP contribution < -0.4 is 9.47 Å².